The van der Waals surface area contributed by atoms with Crippen molar-refractivity contribution in [2.45, 2.75) is 6.36 Å². The molecule has 0 bridgehead atoms. The second-order valence-corrected chi connectivity index (χ2v) is 3.40. The zero-order valence-corrected chi connectivity index (χ0v) is 9.16. The van der Waals surface area contributed by atoms with Crippen LogP contribution >= 0.6 is 23.2 Å². The van der Waals surface area contributed by atoms with E-state index in [4.69, 9.17) is 23.2 Å². The van der Waals surface area contributed by atoms with Gasteiger partial charge in [-0.15, -0.1) is 24.8 Å². The average molecular weight is 273 g/mol. The molecular weight excluding hydrogens is 268 g/mol. The minimum Gasteiger partial charge on any atom is -0.403 e. The van der Waals surface area contributed by atoms with E-state index in [9.17, 15) is 18.0 Å². The standard InChI is InChI=1S/C9H5Cl2F3O2/c10-4-7(15)5-2-1-3-6(11)8(5)16-9(12,13)14/h1-3H,4H2. The Labute approximate surface area is 98.9 Å². The van der Waals surface area contributed by atoms with Crippen LogP contribution in [0.3, 0.4) is 0 Å². The fourth-order valence-electron chi connectivity index (χ4n) is 1.02. The molecule has 0 heterocycles. The number of rotatable bonds is 3. The molecule has 7 heteroatoms. The Balaban J connectivity index is 3.19. The fraction of sp³-hybridized carbons (Fsp3) is 0.222. The number of hydrogen-bond acceptors (Lipinski definition) is 2. The third kappa shape index (κ3) is 3.28. The van der Waals surface area contributed by atoms with Crippen LogP contribution < -0.4 is 4.74 Å². The summed E-state index contributed by atoms with van der Waals surface area (Å²) in [4.78, 5) is 11.2. The third-order valence-corrected chi connectivity index (χ3v) is 2.15. The lowest BCUT2D eigenvalue weighted by molar-refractivity contribution is -0.274. The van der Waals surface area contributed by atoms with E-state index in [0.29, 0.717) is 0 Å². The molecule has 1 rings (SSSR count). The van der Waals surface area contributed by atoms with E-state index in [1.54, 1.807) is 0 Å². The lowest BCUT2D eigenvalue weighted by Crippen LogP contribution is -2.19. The molecule has 0 unspecified atom stereocenters. The van der Waals surface area contributed by atoms with Crippen molar-refractivity contribution in [3.8, 4) is 5.75 Å². The van der Waals surface area contributed by atoms with Gasteiger partial charge in [0.2, 0.25) is 0 Å². The van der Waals surface area contributed by atoms with E-state index in [2.05, 4.69) is 4.74 Å². The molecule has 88 valence electrons. The van der Waals surface area contributed by atoms with E-state index in [0.717, 1.165) is 6.07 Å². The SMILES string of the molecule is O=C(CCl)c1cccc(Cl)c1OC(F)(F)F. The van der Waals surface area contributed by atoms with Crippen molar-refractivity contribution in [3.63, 3.8) is 0 Å². The van der Waals surface area contributed by atoms with Gasteiger partial charge >= 0.3 is 6.36 Å². The van der Waals surface area contributed by atoms with Gasteiger partial charge in [-0.2, -0.15) is 0 Å². The number of ketones is 1. The summed E-state index contributed by atoms with van der Waals surface area (Å²) in [5.41, 5.74) is -0.292. The highest BCUT2D eigenvalue weighted by molar-refractivity contribution is 6.34. The van der Waals surface area contributed by atoms with Crippen molar-refractivity contribution in [1.29, 1.82) is 0 Å². The number of alkyl halides is 4. The van der Waals surface area contributed by atoms with Crippen LogP contribution in [0, 0.1) is 0 Å². The molecule has 0 atom stereocenters. The second kappa shape index (κ2) is 4.93. The van der Waals surface area contributed by atoms with Crippen LogP contribution in [0.4, 0.5) is 13.2 Å². The highest BCUT2D eigenvalue weighted by atomic mass is 35.5. The Hall–Kier alpha value is -0.940. The van der Waals surface area contributed by atoms with Gasteiger partial charge in [-0.3, -0.25) is 4.79 Å². The monoisotopic (exact) mass is 272 g/mol. The zero-order chi connectivity index (χ0) is 12.3. The van der Waals surface area contributed by atoms with Gasteiger partial charge in [0.1, 0.15) is 0 Å². The minimum absolute atomic E-state index is 0.292. The van der Waals surface area contributed by atoms with Gasteiger partial charge in [-0.1, -0.05) is 17.7 Å². The second-order valence-electron chi connectivity index (χ2n) is 2.72. The number of halogens is 5. The smallest absolute Gasteiger partial charge is 0.403 e. The molecule has 2 nitrogen and oxygen atoms in total. The number of para-hydroxylation sites is 1. The van der Waals surface area contributed by atoms with E-state index >= 15 is 0 Å². The van der Waals surface area contributed by atoms with Crippen molar-refractivity contribution in [2.75, 3.05) is 5.88 Å². The predicted molar refractivity (Wildman–Crippen MR) is 53.2 cm³/mol. The molecule has 0 amide bonds. The molecule has 0 fully saturated rings. The first kappa shape index (κ1) is 13.1. The molecular formula is C9H5Cl2F3O2. The Kier molecular flexibility index (Phi) is 4.04. The normalized spacial score (nSPS) is 11.3. The van der Waals surface area contributed by atoms with Gasteiger partial charge in [0.25, 0.3) is 0 Å². The molecule has 0 aromatic heterocycles. The number of Topliss-reactive ketones (excluding diaryl/α,β-unsaturated/α-hetero) is 1. The molecule has 0 saturated carbocycles. The maximum Gasteiger partial charge on any atom is 0.573 e. The highest BCUT2D eigenvalue weighted by Crippen LogP contribution is 2.33. The van der Waals surface area contributed by atoms with Crippen LogP contribution in [0.25, 0.3) is 0 Å². The summed E-state index contributed by atoms with van der Waals surface area (Å²) in [5.74, 6) is -1.86. The number of hydrogen-bond donors (Lipinski definition) is 0. The van der Waals surface area contributed by atoms with Crippen LogP contribution in [-0.2, 0) is 0 Å². The summed E-state index contributed by atoms with van der Waals surface area (Å²) in [5, 5.41) is -0.298. The maximum absolute atomic E-state index is 12.0. The molecule has 1 aromatic rings. The van der Waals surface area contributed by atoms with Gasteiger partial charge in [0.15, 0.2) is 11.5 Å². The van der Waals surface area contributed by atoms with Crippen molar-refractivity contribution in [1.82, 2.24) is 0 Å². The summed E-state index contributed by atoms with van der Waals surface area (Å²) in [7, 11) is 0. The summed E-state index contributed by atoms with van der Waals surface area (Å²) in [6, 6.07) is 3.69. The van der Waals surface area contributed by atoms with Crippen molar-refractivity contribution in [2.24, 2.45) is 0 Å². The van der Waals surface area contributed by atoms with Crippen molar-refractivity contribution >= 4 is 29.0 Å². The van der Waals surface area contributed by atoms with Crippen molar-refractivity contribution < 1.29 is 22.7 Å². The Morgan fingerprint density at radius 3 is 2.50 bits per heavy atom. The minimum atomic E-state index is -4.91. The molecule has 0 aliphatic rings. The van der Waals surface area contributed by atoms with Gasteiger partial charge in [0, 0.05) is 0 Å². The van der Waals surface area contributed by atoms with Gasteiger partial charge in [-0.05, 0) is 12.1 Å². The van der Waals surface area contributed by atoms with Crippen LogP contribution in [0.5, 0.6) is 5.75 Å². The van der Waals surface area contributed by atoms with E-state index < -0.39 is 23.8 Å². The summed E-state index contributed by atoms with van der Waals surface area (Å²) in [6.45, 7) is 0. The van der Waals surface area contributed by atoms with E-state index in [-0.39, 0.29) is 10.6 Å². The molecule has 0 N–H and O–H groups in total. The number of ether oxygens (including phenoxy) is 1. The van der Waals surface area contributed by atoms with E-state index in [1.807, 2.05) is 0 Å². The lowest BCUT2D eigenvalue weighted by Gasteiger charge is -2.13. The topological polar surface area (TPSA) is 26.3 Å². The van der Waals surface area contributed by atoms with Crippen LogP contribution in [0.2, 0.25) is 5.02 Å². The molecule has 0 radical (unpaired) electrons. The van der Waals surface area contributed by atoms with E-state index in [1.165, 1.54) is 12.1 Å². The number of benzene rings is 1. The number of carbonyl (C=O) groups excluding carboxylic acids is 1. The maximum atomic E-state index is 12.0. The van der Waals surface area contributed by atoms with Crippen molar-refractivity contribution in [3.05, 3.63) is 28.8 Å². The molecule has 0 saturated heterocycles. The predicted octanol–water partition coefficient (Wildman–Crippen LogP) is 3.66. The Morgan fingerprint density at radius 2 is 2.00 bits per heavy atom. The van der Waals surface area contributed by atoms with Gasteiger partial charge in [-0.25, -0.2) is 0 Å². The number of carbonyl (C=O) groups is 1. The van der Waals surface area contributed by atoms with Crippen LogP contribution in [0.1, 0.15) is 10.4 Å². The molecule has 0 aliphatic heterocycles. The molecule has 1 aromatic carbocycles. The van der Waals surface area contributed by atoms with Crippen LogP contribution in [-0.4, -0.2) is 18.0 Å². The molecule has 0 spiro atoms. The first-order valence-corrected chi connectivity index (χ1v) is 4.90. The summed E-state index contributed by atoms with van der Waals surface area (Å²) >= 11 is 10.8. The largest absolute Gasteiger partial charge is 0.573 e. The quantitative estimate of drug-likeness (QED) is 0.620. The zero-order valence-electron chi connectivity index (χ0n) is 7.65. The van der Waals surface area contributed by atoms with Gasteiger partial charge < -0.3 is 4.74 Å². The highest BCUT2D eigenvalue weighted by Gasteiger charge is 2.33. The molecule has 0 aliphatic carbocycles. The molecule has 16 heavy (non-hydrogen) atoms. The fourth-order valence-corrected chi connectivity index (χ4v) is 1.38. The summed E-state index contributed by atoms with van der Waals surface area (Å²) < 4.78 is 39.8. The summed E-state index contributed by atoms with van der Waals surface area (Å²) in [6.07, 6.45) is -4.91. The van der Waals surface area contributed by atoms with Crippen LogP contribution in [0.15, 0.2) is 18.2 Å². The average Bonchev–Trinajstić information content (AvgIpc) is 2.18. The third-order valence-electron chi connectivity index (χ3n) is 1.61. The van der Waals surface area contributed by atoms with Gasteiger partial charge in [0.05, 0.1) is 16.5 Å². The Bertz CT molecular complexity index is 404. The Morgan fingerprint density at radius 1 is 1.38 bits per heavy atom. The lowest BCUT2D eigenvalue weighted by atomic mass is 10.1. The first-order valence-electron chi connectivity index (χ1n) is 3.98. The first-order chi connectivity index (χ1) is 7.35.